The Balaban J connectivity index is 1.51. The Kier molecular flexibility index (Phi) is 4.75. The molecule has 0 saturated carbocycles. The highest BCUT2D eigenvalue weighted by molar-refractivity contribution is 7.13. The van der Waals surface area contributed by atoms with Gasteiger partial charge in [-0.25, -0.2) is 14.2 Å². The lowest BCUT2D eigenvalue weighted by Crippen LogP contribution is -2.40. The Morgan fingerprint density at radius 2 is 2.08 bits per heavy atom. The van der Waals surface area contributed by atoms with Crippen LogP contribution in [0.15, 0.2) is 30.5 Å². The van der Waals surface area contributed by atoms with Crippen LogP contribution in [0.25, 0.3) is 0 Å². The number of hydrogen-bond donors (Lipinski definition) is 2. The standard InChI is InChI=1S/C16H17FN4O2S/c1-10-18-8-14(24-10)15(22)21-7-6-13(9-21)20-16(23)19-12-4-2-11(17)3-5-12/h2-5,8,13H,6-7,9H2,1H3,(H2,19,20,23)/t13-/m0/s1. The molecule has 6 nitrogen and oxygen atoms in total. The van der Waals surface area contributed by atoms with Gasteiger partial charge in [0.1, 0.15) is 10.7 Å². The number of thiazole rings is 1. The van der Waals surface area contributed by atoms with Gasteiger partial charge in [-0.2, -0.15) is 0 Å². The highest BCUT2D eigenvalue weighted by Gasteiger charge is 2.28. The van der Waals surface area contributed by atoms with E-state index < -0.39 is 0 Å². The van der Waals surface area contributed by atoms with Gasteiger partial charge < -0.3 is 15.5 Å². The third-order valence-electron chi connectivity index (χ3n) is 3.74. The van der Waals surface area contributed by atoms with E-state index in [1.165, 1.54) is 35.6 Å². The average Bonchev–Trinajstić information content (AvgIpc) is 3.18. The fraction of sp³-hybridized carbons (Fsp3) is 0.312. The molecule has 0 spiro atoms. The second-order valence-electron chi connectivity index (χ2n) is 5.59. The molecule has 1 aliphatic rings. The first-order valence-electron chi connectivity index (χ1n) is 7.56. The minimum absolute atomic E-state index is 0.0520. The SMILES string of the molecule is Cc1ncc(C(=O)N2CC[C@H](NC(=O)Nc3ccc(F)cc3)C2)s1. The summed E-state index contributed by atoms with van der Waals surface area (Å²) in [6.07, 6.45) is 2.28. The van der Waals surface area contributed by atoms with Crippen molar-refractivity contribution in [3.05, 3.63) is 46.2 Å². The van der Waals surface area contributed by atoms with Crippen LogP contribution in [0.2, 0.25) is 0 Å². The molecule has 8 heteroatoms. The molecule has 1 saturated heterocycles. The number of urea groups is 1. The first-order valence-corrected chi connectivity index (χ1v) is 8.38. The van der Waals surface area contributed by atoms with Crippen LogP contribution in [0.3, 0.4) is 0 Å². The zero-order valence-electron chi connectivity index (χ0n) is 13.1. The van der Waals surface area contributed by atoms with E-state index in [1.54, 1.807) is 11.1 Å². The fourth-order valence-corrected chi connectivity index (χ4v) is 3.31. The summed E-state index contributed by atoms with van der Waals surface area (Å²) in [5, 5.41) is 6.33. The van der Waals surface area contributed by atoms with E-state index in [0.29, 0.717) is 30.1 Å². The molecular weight excluding hydrogens is 331 g/mol. The third kappa shape index (κ3) is 3.88. The van der Waals surface area contributed by atoms with Gasteiger partial charge >= 0.3 is 6.03 Å². The number of nitrogens with zero attached hydrogens (tertiary/aromatic N) is 2. The van der Waals surface area contributed by atoms with Gasteiger partial charge in [0.2, 0.25) is 0 Å². The van der Waals surface area contributed by atoms with Crippen molar-refractivity contribution in [2.75, 3.05) is 18.4 Å². The molecule has 3 amide bonds. The molecule has 0 bridgehead atoms. The van der Waals surface area contributed by atoms with Crippen molar-refractivity contribution >= 4 is 29.0 Å². The Labute approximate surface area is 142 Å². The molecule has 1 fully saturated rings. The summed E-state index contributed by atoms with van der Waals surface area (Å²) in [5.74, 6) is -0.409. The minimum atomic E-state index is -0.366. The van der Waals surface area contributed by atoms with Gasteiger partial charge in [-0.15, -0.1) is 11.3 Å². The maximum Gasteiger partial charge on any atom is 0.319 e. The van der Waals surface area contributed by atoms with E-state index >= 15 is 0 Å². The number of nitrogens with one attached hydrogen (secondary N) is 2. The largest absolute Gasteiger partial charge is 0.336 e. The Morgan fingerprint density at radius 3 is 2.75 bits per heavy atom. The maximum atomic E-state index is 12.8. The number of aromatic nitrogens is 1. The zero-order chi connectivity index (χ0) is 17.1. The van der Waals surface area contributed by atoms with Gasteiger partial charge in [-0.3, -0.25) is 4.79 Å². The number of hydrogen-bond acceptors (Lipinski definition) is 4. The smallest absolute Gasteiger partial charge is 0.319 e. The molecule has 1 aromatic carbocycles. The molecule has 2 aromatic rings. The maximum absolute atomic E-state index is 12.8. The van der Waals surface area contributed by atoms with E-state index in [4.69, 9.17) is 0 Å². The molecule has 0 aliphatic carbocycles. The zero-order valence-corrected chi connectivity index (χ0v) is 13.9. The lowest BCUT2D eigenvalue weighted by Gasteiger charge is -2.16. The number of amides is 3. The second-order valence-corrected chi connectivity index (χ2v) is 6.82. The molecule has 0 radical (unpaired) electrons. The van der Waals surface area contributed by atoms with Gasteiger partial charge in [-0.05, 0) is 37.6 Å². The van der Waals surface area contributed by atoms with E-state index in [9.17, 15) is 14.0 Å². The first kappa shape index (κ1) is 16.4. The predicted molar refractivity (Wildman–Crippen MR) is 89.7 cm³/mol. The summed E-state index contributed by atoms with van der Waals surface area (Å²) in [7, 11) is 0. The molecule has 2 N–H and O–H groups in total. The van der Waals surface area contributed by atoms with Crippen molar-refractivity contribution in [2.45, 2.75) is 19.4 Å². The fourth-order valence-electron chi connectivity index (χ4n) is 2.56. The van der Waals surface area contributed by atoms with Gasteiger partial charge in [0.05, 0.1) is 11.2 Å². The molecule has 126 valence electrons. The van der Waals surface area contributed by atoms with Gasteiger partial charge in [0.25, 0.3) is 5.91 Å². The van der Waals surface area contributed by atoms with Gasteiger partial charge in [-0.1, -0.05) is 0 Å². The van der Waals surface area contributed by atoms with E-state index in [0.717, 1.165) is 5.01 Å². The number of aryl methyl sites for hydroxylation is 1. The Hall–Kier alpha value is -2.48. The van der Waals surface area contributed by atoms with E-state index in [1.807, 2.05) is 6.92 Å². The van der Waals surface area contributed by atoms with Crippen molar-refractivity contribution in [3.63, 3.8) is 0 Å². The lowest BCUT2D eigenvalue weighted by atomic mass is 10.3. The molecule has 1 aromatic heterocycles. The highest BCUT2D eigenvalue weighted by Crippen LogP contribution is 2.18. The number of likely N-dealkylation sites (tertiary alicyclic amines) is 1. The highest BCUT2D eigenvalue weighted by atomic mass is 32.1. The summed E-state index contributed by atoms with van der Waals surface area (Å²) in [4.78, 5) is 30.7. The Morgan fingerprint density at radius 1 is 1.33 bits per heavy atom. The molecule has 2 heterocycles. The summed E-state index contributed by atoms with van der Waals surface area (Å²) in [6.45, 7) is 2.92. The topological polar surface area (TPSA) is 74.3 Å². The van der Waals surface area contributed by atoms with Crippen LogP contribution >= 0.6 is 11.3 Å². The summed E-state index contributed by atoms with van der Waals surface area (Å²) < 4.78 is 12.8. The summed E-state index contributed by atoms with van der Waals surface area (Å²) >= 11 is 1.37. The van der Waals surface area contributed by atoms with Crippen LogP contribution in [-0.2, 0) is 0 Å². The van der Waals surface area contributed by atoms with E-state index in [2.05, 4.69) is 15.6 Å². The molecule has 1 aliphatic heterocycles. The lowest BCUT2D eigenvalue weighted by molar-refractivity contribution is 0.0794. The van der Waals surface area contributed by atoms with Gasteiger partial charge in [0.15, 0.2) is 0 Å². The second kappa shape index (κ2) is 6.96. The normalized spacial score (nSPS) is 16.9. The molecular formula is C16H17FN4O2S. The molecule has 24 heavy (non-hydrogen) atoms. The predicted octanol–water partition coefficient (Wildman–Crippen LogP) is 2.63. The van der Waals surface area contributed by atoms with Crippen molar-refractivity contribution in [3.8, 4) is 0 Å². The van der Waals surface area contributed by atoms with Gasteiger partial charge in [0, 0.05) is 24.8 Å². The number of anilines is 1. The average molecular weight is 348 g/mol. The summed E-state index contributed by atoms with van der Waals surface area (Å²) in [6, 6.07) is 5.07. The molecule has 1 atom stereocenters. The monoisotopic (exact) mass is 348 g/mol. The van der Waals surface area contributed by atoms with Crippen LogP contribution < -0.4 is 10.6 Å². The van der Waals surface area contributed by atoms with Crippen molar-refractivity contribution in [2.24, 2.45) is 0 Å². The van der Waals surface area contributed by atoms with Crippen LogP contribution in [0, 0.1) is 12.7 Å². The van der Waals surface area contributed by atoms with Crippen LogP contribution in [0.1, 0.15) is 21.1 Å². The minimum Gasteiger partial charge on any atom is -0.336 e. The van der Waals surface area contributed by atoms with Crippen molar-refractivity contribution in [1.29, 1.82) is 0 Å². The summed E-state index contributed by atoms with van der Waals surface area (Å²) in [5.41, 5.74) is 0.514. The van der Waals surface area contributed by atoms with Crippen molar-refractivity contribution in [1.82, 2.24) is 15.2 Å². The first-order chi connectivity index (χ1) is 11.5. The molecule has 3 rings (SSSR count). The number of carbonyl (C=O) groups excluding carboxylic acids is 2. The van der Waals surface area contributed by atoms with Crippen LogP contribution in [0.5, 0.6) is 0 Å². The van der Waals surface area contributed by atoms with E-state index in [-0.39, 0.29) is 23.8 Å². The third-order valence-corrected chi connectivity index (χ3v) is 4.65. The number of carbonyl (C=O) groups is 2. The molecule has 0 unspecified atom stereocenters. The van der Waals surface area contributed by atoms with Crippen LogP contribution in [0.4, 0.5) is 14.9 Å². The Bertz CT molecular complexity index is 747. The number of halogens is 1. The van der Waals surface area contributed by atoms with Crippen LogP contribution in [-0.4, -0.2) is 41.0 Å². The number of benzene rings is 1. The van der Waals surface area contributed by atoms with Crippen molar-refractivity contribution < 1.29 is 14.0 Å². The quantitative estimate of drug-likeness (QED) is 0.895. The number of rotatable bonds is 3.